The number of hydrogen-bond acceptors (Lipinski definition) is 8. The van der Waals surface area contributed by atoms with Crippen LogP contribution in [-0.2, 0) is 19.7 Å². The number of carbonyl (C=O) groups excluding carboxylic acids is 2. The number of azo groups is 1. The van der Waals surface area contributed by atoms with E-state index < -0.39 is 49.0 Å². The van der Waals surface area contributed by atoms with Gasteiger partial charge in [-0.2, -0.15) is 13.5 Å². The van der Waals surface area contributed by atoms with E-state index in [1.54, 1.807) is 31.2 Å². The van der Waals surface area contributed by atoms with Gasteiger partial charge in [-0.1, -0.05) is 18.2 Å². The van der Waals surface area contributed by atoms with Gasteiger partial charge >= 0.3 is 0 Å². The van der Waals surface area contributed by atoms with Crippen LogP contribution in [-0.4, -0.2) is 35.6 Å². The van der Waals surface area contributed by atoms with Gasteiger partial charge in [0.1, 0.15) is 4.90 Å². The van der Waals surface area contributed by atoms with Gasteiger partial charge in [-0.25, -0.2) is 0 Å². The van der Waals surface area contributed by atoms with Gasteiger partial charge in [-0.15, -0.1) is 5.11 Å². The molecule has 0 fully saturated rings. The van der Waals surface area contributed by atoms with Crippen LogP contribution < -0.4 is 5.32 Å². The van der Waals surface area contributed by atoms with Gasteiger partial charge in [0.2, 0.25) is 6.04 Å². The Morgan fingerprint density at radius 3 is 2.41 bits per heavy atom. The van der Waals surface area contributed by atoms with Gasteiger partial charge < -0.3 is 5.32 Å². The molecule has 2 rings (SSSR count). The molecule has 2 aromatic rings. The first-order valence-corrected chi connectivity index (χ1v) is 9.48. The van der Waals surface area contributed by atoms with Crippen LogP contribution in [0, 0.1) is 17.0 Å². The minimum Gasteiger partial charge on any atom is -0.324 e. The lowest BCUT2D eigenvalue weighted by Gasteiger charge is -2.11. The van der Waals surface area contributed by atoms with Crippen molar-refractivity contribution < 1.29 is 27.5 Å². The van der Waals surface area contributed by atoms with Crippen molar-refractivity contribution in [2.45, 2.75) is 24.8 Å². The zero-order valence-corrected chi connectivity index (χ0v) is 16.1. The van der Waals surface area contributed by atoms with Crippen molar-refractivity contribution in [1.29, 1.82) is 0 Å². The zero-order chi connectivity index (χ0) is 21.8. The number of rotatable bonds is 7. The van der Waals surface area contributed by atoms with Crippen molar-refractivity contribution in [2.75, 3.05) is 5.32 Å². The van der Waals surface area contributed by atoms with Crippen LogP contribution in [0.3, 0.4) is 0 Å². The van der Waals surface area contributed by atoms with Crippen LogP contribution in [0.2, 0.25) is 0 Å². The quantitative estimate of drug-likeness (QED) is 0.228. The Hall–Kier alpha value is -3.51. The highest BCUT2D eigenvalue weighted by Crippen LogP contribution is 2.30. The highest BCUT2D eigenvalue weighted by molar-refractivity contribution is 7.85. The van der Waals surface area contributed by atoms with E-state index in [4.69, 9.17) is 4.55 Å². The van der Waals surface area contributed by atoms with E-state index >= 15 is 0 Å². The molecule has 0 aliphatic rings. The topological polar surface area (TPSA) is 168 Å². The molecule has 0 aromatic heterocycles. The molecule has 0 unspecified atom stereocenters. The minimum absolute atomic E-state index is 0.391. The summed E-state index contributed by atoms with van der Waals surface area (Å²) in [5.74, 6) is -1.44. The van der Waals surface area contributed by atoms with Crippen molar-refractivity contribution in [2.24, 2.45) is 10.2 Å². The summed E-state index contributed by atoms with van der Waals surface area (Å²) in [6.45, 7) is 2.86. The number of nitro groups is 1. The fourth-order valence-electron chi connectivity index (χ4n) is 2.25. The van der Waals surface area contributed by atoms with Gasteiger partial charge in [-0.05, 0) is 37.6 Å². The molecule has 0 radical (unpaired) electrons. The lowest BCUT2D eigenvalue weighted by molar-refractivity contribution is -0.384. The van der Waals surface area contributed by atoms with Crippen molar-refractivity contribution in [3.63, 3.8) is 0 Å². The first kappa shape index (κ1) is 21.8. The molecule has 0 aliphatic heterocycles. The molecule has 0 bridgehead atoms. The van der Waals surface area contributed by atoms with Gasteiger partial charge in [-0.3, -0.25) is 24.3 Å². The van der Waals surface area contributed by atoms with E-state index in [1.165, 1.54) is 0 Å². The highest BCUT2D eigenvalue weighted by Gasteiger charge is 2.25. The number of Topliss-reactive ketones (excluding diaryl/α,β-unsaturated/α-hetero) is 1. The van der Waals surface area contributed by atoms with E-state index in [0.29, 0.717) is 11.8 Å². The normalized spacial score (nSPS) is 12.5. The molecule has 11 nitrogen and oxygen atoms in total. The first-order chi connectivity index (χ1) is 13.5. The molecule has 2 aromatic carbocycles. The Bertz CT molecular complexity index is 1110. The molecule has 1 atom stereocenters. The molecule has 0 aliphatic carbocycles. The van der Waals surface area contributed by atoms with Crippen LogP contribution in [0.5, 0.6) is 0 Å². The molecular weight excluding hydrogens is 404 g/mol. The van der Waals surface area contributed by atoms with Crippen molar-refractivity contribution in [1.82, 2.24) is 0 Å². The van der Waals surface area contributed by atoms with Crippen molar-refractivity contribution >= 4 is 38.9 Å². The molecule has 0 saturated carbocycles. The summed E-state index contributed by atoms with van der Waals surface area (Å²) in [5, 5.41) is 20.9. The SMILES string of the molecule is CC(=O)[C@H](N=Nc1ccc(S(=O)(=O)O)cc1[N+](=O)[O-])C(=O)Nc1ccccc1C. The van der Waals surface area contributed by atoms with Gasteiger partial charge in [0, 0.05) is 11.8 Å². The number of hydrogen-bond donors (Lipinski definition) is 2. The first-order valence-electron chi connectivity index (χ1n) is 8.04. The standard InChI is InChI=1S/C17H16N4O7S/c1-10-5-3-4-6-13(10)18-17(23)16(11(2)22)20-19-14-8-7-12(29(26,27)28)9-15(14)21(24)25/h3-9,16H,1-2H3,(H,18,23)(H,26,27,28)/t16-/m0/s1. The van der Waals surface area contributed by atoms with Gasteiger partial charge in [0.25, 0.3) is 21.7 Å². The zero-order valence-electron chi connectivity index (χ0n) is 15.3. The smallest absolute Gasteiger partial charge is 0.298 e. The second kappa shape index (κ2) is 8.67. The average molecular weight is 420 g/mol. The molecule has 1 amide bonds. The summed E-state index contributed by atoms with van der Waals surface area (Å²) >= 11 is 0. The van der Waals surface area contributed by atoms with Crippen LogP contribution >= 0.6 is 0 Å². The molecule has 29 heavy (non-hydrogen) atoms. The number of para-hydroxylation sites is 1. The summed E-state index contributed by atoms with van der Waals surface area (Å²) in [4.78, 5) is 33.8. The maximum absolute atomic E-state index is 12.4. The summed E-state index contributed by atoms with van der Waals surface area (Å²) in [7, 11) is -4.67. The second-order valence-electron chi connectivity index (χ2n) is 5.92. The van der Waals surface area contributed by atoms with E-state index in [2.05, 4.69) is 15.5 Å². The molecule has 152 valence electrons. The third kappa shape index (κ3) is 5.49. The predicted molar refractivity (Wildman–Crippen MR) is 102 cm³/mol. The Kier molecular flexibility index (Phi) is 6.51. The average Bonchev–Trinajstić information content (AvgIpc) is 2.62. The third-order valence-electron chi connectivity index (χ3n) is 3.76. The number of anilines is 1. The molecular formula is C17H16N4O7S. The van der Waals surface area contributed by atoms with Crippen LogP contribution in [0.25, 0.3) is 0 Å². The lowest BCUT2D eigenvalue weighted by atomic mass is 10.1. The highest BCUT2D eigenvalue weighted by atomic mass is 32.2. The van der Waals surface area contributed by atoms with Crippen molar-refractivity contribution in [3.05, 3.63) is 58.1 Å². The number of aryl methyl sites for hydroxylation is 1. The number of nitrogens with one attached hydrogen (secondary N) is 1. The molecule has 0 spiro atoms. The van der Waals surface area contributed by atoms with E-state index in [-0.39, 0.29) is 0 Å². The number of carbonyl (C=O) groups is 2. The minimum atomic E-state index is -4.67. The largest absolute Gasteiger partial charge is 0.324 e. The maximum Gasteiger partial charge on any atom is 0.298 e. The Morgan fingerprint density at radius 2 is 1.86 bits per heavy atom. The summed E-state index contributed by atoms with van der Waals surface area (Å²) < 4.78 is 31.3. The molecule has 12 heteroatoms. The number of benzene rings is 2. The Morgan fingerprint density at radius 1 is 1.21 bits per heavy atom. The number of ketones is 1. The van der Waals surface area contributed by atoms with E-state index in [0.717, 1.165) is 24.6 Å². The molecule has 0 heterocycles. The van der Waals surface area contributed by atoms with Gasteiger partial charge in [0.15, 0.2) is 11.5 Å². The number of amides is 1. The van der Waals surface area contributed by atoms with Crippen LogP contribution in [0.15, 0.2) is 57.6 Å². The Balaban J connectivity index is 2.35. The molecule has 0 saturated heterocycles. The maximum atomic E-state index is 12.4. The molecule has 2 N–H and O–H groups in total. The summed E-state index contributed by atoms with van der Waals surface area (Å²) in [6.07, 6.45) is 0. The predicted octanol–water partition coefficient (Wildman–Crippen LogP) is 2.83. The fourth-order valence-corrected chi connectivity index (χ4v) is 2.75. The lowest BCUT2D eigenvalue weighted by Crippen LogP contribution is -2.32. The van der Waals surface area contributed by atoms with Crippen LogP contribution in [0.4, 0.5) is 17.1 Å². The Labute approximate surface area is 165 Å². The monoisotopic (exact) mass is 420 g/mol. The number of nitro benzene ring substituents is 1. The van der Waals surface area contributed by atoms with Gasteiger partial charge in [0.05, 0.1) is 4.92 Å². The van der Waals surface area contributed by atoms with Crippen LogP contribution in [0.1, 0.15) is 12.5 Å². The van der Waals surface area contributed by atoms with E-state index in [9.17, 15) is 28.1 Å². The summed E-state index contributed by atoms with van der Waals surface area (Å²) in [5.41, 5.74) is 0.0433. The second-order valence-corrected chi connectivity index (χ2v) is 7.34. The summed E-state index contributed by atoms with van der Waals surface area (Å²) in [6, 6.07) is 7.67. The van der Waals surface area contributed by atoms with E-state index in [1.807, 2.05) is 0 Å². The third-order valence-corrected chi connectivity index (χ3v) is 4.61. The number of nitrogens with zero attached hydrogens (tertiary/aromatic N) is 3. The van der Waals surface area contributed by atoms with Crippen molar-refractivity contribution in [3.8, 4) is 0 Å². The fraction of sp³-hybridized carbons (Fsp3) is 0.176.